The van der Waals surface area contributed by atoms with Gasteiger partial charge in [-0.1, -0.05) is 12.1 Å². The van der Waals surface area contributed by atoms with Gasteiger partial charge in [0, 0.05) is 0 Å². The molecular weight excluding hydrogens is 407 g/mol. The Morgan fingerprint density at radius 2 is 1.82 bits per heavy atom. The van der Waals surface area contributed by atoms with E-state index in [9.17, 15) is 28.3 Å². The van der Waals surface area contributed by atoms with Crippen LogP contribution in [0.5, 0.6) is 5.75 Å². The van der Waals surface area contributed by atoms with Crippen molar-refractivity contribution in [3.8, 4) is 5.75 Å². The van der Waals surface area contributed by atoms with Crippen LogP contribution in [0.2, 0.25) is 0 Å². The van der Waals surface area contributed by atoms with Gasteiger partial charge in [0.25, 0.3) is 0 Å². The van der Waals surface area contributed by atoms with Crippen molar-refractivity contribution in [2.75, 3.05) is 20.3 Å². The summed E-state index contributed by atoms with van der Waals surface area (Å²) in [6, 6.07) is 7.39. The summed E-state index contributed by atoms with van der Waals surface area (Å²) in [7, 11) is -3.60. The maximum atomic E-state index is 10.9. The van der Waals surface area contributed by atoms with Crippen molar-refractivity contribution < 1.29 is 76.2 Å². The molecule has 0 unspecified atom stereocenters. The zero-order valence-corrected chi connectivity index (χ0v) is 18.4. The molecule has 1 aliphatic heterocycles. The Labute approximate surface area is 185 Å². The van der Waals surface area contributed by atoms with Crippen molar-refractivity contribution in [2.24, 2.45) is 0 Å². The molecule has 0 spiro atoms. The number of hydrogen-bond donors (Lipinski definition) is 3. The third-order valence-corrected chi connectivity index (χ3v) is 4.56. The SMILES string of the molecule is COc1ccc(CCCO[C@@H]2O[C@H](CO)[C@@H](O)[C@H](O)[C@H]2OS(=O)(=O)[O-])cc1.[Na+]. The molecule has 0 aliphatic carbocycles. The van der Waals surface area contributed by atoms with Crippen LogP contribution in [0.3, 0.4) is 0 Å². The molecular formula is C16H23NaO10S. The average molecular weight is 430 g/mol. The van der Waals surface area contributed by atoms with Crippen molar-refractivity contribution in [3.05, 3.63) is 29.8 Å². The maximum Gasteiger partial charge on any atom is 1.00 e. The normalized spacial score (nSPS) is 27.8. The summed E-state index contributed by atoms with van der Waals surface area (Å²) in [5, 5.41) is 29.0. The van der Waals surface area contributed by atoms with Gasteiger partial charge in [-0.2, -0.15) is 0 Å². The van der Waals surface area contributed by atoms with E-state index in [1.165, 1.54) is 0 Å². The largest absolute Gasteiger partial charge is 1.00 e. The smallest absolute Gasteiger partial charge is 0.726 e. The van der Waals surface area contributed by atoms with Crippen LogP contribution in [-0.2, 0) is 30.5 Å². The molecule has 12 heteroatoms. The van der Waals surface area contributed by atoms with E-state index in [-0.39, 0.29) is 36.2 Å². The van der Waals surface area contributed by atoms with Crippen LogP contribution in [0, 0.1) is 0 Å². The van der Waals surface area contributed by atoms with E-state index < -0.39 is 47.7 Å². The zero-order chi connectivity index (χ0) is 20.0. The molecule has 2 rings (SSSR count). The minimum Gasteiger partial charge on any atom is -0.726 e. The van der Waals surface area contributed by atoms with Gasteiger partial charge in [-0.15, -0.1) is 0 Å². The number of aliphatic hydroxyl groups is 3. The summed E-state index contributed by atoms with van der Waals surface area (Å²) in [5.74, 6) is 0.729. The molecule has 0 bridgehead atoms. The molecule has 0 aromatic heterocycles. The van der Waals surface area contributed by atoms with E-state index in [1.807, 2.05) is 24.3 Å². The summed E-state index contributed by atoms with van der Waals surface area (Å²) in [6.07, 6.45) is -6.67. The Bertz CT molecular complexity index is 683. The molecule has 1 aliphatic rings. The number of hydrogen-bond acceptors (Lipinski definition) is 10. The van der Waals surface area contributed by atoms with Crippen LogP contribution in [0.25, 0.3) is 0 Å². The summed E-state index contributed by atoms with van der Waals surface area (Å²) in [6.45, 7) is -0.544. The number of aryl methyl sites for hydroxylation is 1. The zero-order valence-electron chi connectivity index (χ0n) is 15.6. The quantitative estimate of drug-likeness (QED) is 0.152. The van der Waals surface area contributed by atoms with Gasteiger partial charge in [0.2, 0.25) is 10.4 Å². The van der Waals surface area contributed by atoms with Crippen LogP contribution in [0.15, 0.2) is 24.3 Å². The Morgan fingerprint density at radius 1 is 1.18 bits per heavy atom. The fourth-order valence-corrected chi connectivity index (χ4v) is 3.17. The topological polar surface area (TPSA) is 155 Å². The monoisotopic (exact) mass is 430 g/mol. The van der Waals surface area contributed by atoms with Crippen LogP contribution in [0.1, 0.15) is 12.0 Å². The first-order chi connectivity index (χ1) is 12.7. The summed E-state index contributed by atoms with van der Waals surface area (Å²) in [4.78, 5) is 0. The molecule has 5 atom stereocenters. The van der Waals surface area contributed by atoms with Gasteiger partial charge in [-0.05, 0) is 30.5 Å². The second kappa shape index (κ2) is 11.8. The van der Waals surface area contributed by atoms with Crippen molar-refractivity contribution in [1.82, 2.24) is 0 Å². The van der Waals surface area contributed by atoms with Crippen molar-refractivity contribution >= 4 is 10.4 Å². The standard InChI is InChI=1S/C16H24O10S.Na/c1-23-11-6-4-10(5-7-11)3-2-8-24-16-15(26-27(20,21)22)14(19)13(18)12(9-17)25-16;/h4-7,12-19H,2-3,8-9H2,1H3,(H,20,21,22);/q;+1/p-1/t12-,13-,14+,15-,16-;/m1./s1. The van der Waals surface area contributed by atoms with E-state index in [0.717, 1.165) is 11.3 Å². The molecule has 1 saturated heterocycles. The van der Waals surface area contributed by atoms with Gasteiger partial charge in [-0.25, -0.2) is 8.42 Å². The molecule has 28 heavy (non-hydrogen) atoms. The molecule has 1 aromatic rings. The Balaban J connectivity index is 0.00000392. The van der Waals surface area contributed by atoms with Crippen LogP contribution >= 0.6 is 0 Å². The first-order valence-corrected chi connectivity index (χ1v) is 9.59. The van der Waals surface area contributed by atoms with Gasteiger partial charge >= 0.3 is 29.6 Å². The van der Waals surface area contributed by atoms with Gasteiger partial charge in [0.05, 0.1) is 20.3 Å². The number of ether oxygens (including phenoxy) is 3. The third kappa shape index (κ3) is 7.50. The Kier molecular flexibility index (Phi) is 10.8. The van der Waals surface area contributed by atoms with Crippen molar-refractivity contribution in [3.63, 3.8) is 0 Å². The van der Waals surface area contributed by atoms with E-state index in [1.54, 1.807) is 7.11 Å². The molecule has 10 nitrogen and oxygen atoms in total. The fourth-order valence-electron chi connectivity index (χ4n) is 2.70. The predicted molar refractivity (Wildman–Crippen MR) is 89.6 cm³/mol. The number of benzene rings is 1. The van der Waals surface area contributed by atoms with Crippen molar-refractivity contribution in [1.29, 1.82) is 0 Å². The number of methoxy groups -OCH3 is 1. The summed E-state index contributed by atoms with van der Waals surface area (Å²) < 4.78 is 52.6. The molecule has 1 heterocycles. The van der Waals surface area contributed by atoms with Crippen LogP contribution < -0.4 is 34.3 Å². The van der Waals surface area contributed by atoms with Gasteiger partial charge in [-0.3, -0.25) is 4.18 Å². The van der Waals surface area contributed by atoms with Crippen LogP contribution in [-0.4, -0.2) is 79.3 Å². The number of aliphatic hydroxyl groups excluding tert-OH is 3. The second-order valence-corrected chi connectivity index (χ2v) is 7.01. The number of rotatable bonds is 9. The molecule has 0 saturated carbocycles. The maximum absolute atomic E-state index is 10.9. The molecule has 1 aromatic carbocycles. The Morgan fingerprint density at radius 3 is 2.36 bits per heavy atom. The second-order valence-electron chi connectivity index (χ2n) is 6.00. The summed E-state index contributed by atoms with van der Waals surface area (Å²) >= 11 is 0. The van der Waals surface area contributed by atoms with Crippen molar-refractivity contribution in [2.45, 2.75) is 43.5 Å². The minimum absolute atomic E-state index is 0. The fraction of sp³-hybridized carbons (Fsp3) is 0.625. The van der Waals surface area contributed by atoms with Crippen LogP contribution in [0.4, 0.5) is 0 Å². The Hall–Kier alpha value is -0.310. The molecule has 3 N–H and O–H groups in total. The minimum atomic E-state index is -5.17. The molecule has 1 fully saturated rings. The average Bonchev–Trinajstić information content (AvgIpc) is 2.63. The molecule has 0 radical (unpaired) electrons. The third-order valence-electron chi connectivity index (χ3n) is 4.10. The first kappa shape index (κ1) is 25.7. The summed E-state index contributed by atoms with van der Waals surface area (Å²) in [5.41, 5.74) is 1.02. The van der Waals surface area contributed by atoms with Gasteiger partial charge in [0.1, 0.15) is 24.1 Å². The van der Waals surface area contributed by atoms with E-state index in [2.05, 4.69) is 4.18 Å². The van der Waals surface area contributed by atoms with Gasteiger partial charge in [0.15, 0.2) is 12.4 Å². The van der Waals surface area contributed by atoms with E-state index in [0.29, 0.717) is 12.8 Å². The first-order valence-electron chi connectivity index (χ1n) is 8.26. The molecule has 154 valence electrons. The van der Waals surface area contributed by atoms with Gasteiger partial charge < -0.3 is 34.1 Å². The predicted octanol–water partition coefficient (Wildman–Crippen LogP) is -4.07. The van der Waals surface area contributed by atoms with E-state index >= 15 is 0 Å². The van der Waals surface area contributed by atoms with E-state index in [4.69, 9.17) is 14.2 Å². The molecule has 0 amide bonds.